The van der Waals surface area contributed by atoms with E-state index in [-0.39, 0.29) is 0 Å². The van der Waals surface area contributed by atoms with Crippen LogP contribution >= 0.6 is 11.6 Å². The van der Waals surface area contributed by atoms with Gasteiger partial charge in [0.1, 0.15) is 5.82 Å². The maximum absolute atomic E-state index is 6.13. The largest absolute Gasteiger partial charge is 0.294 e. The molecule has 1 aliphatic rings. The second-order valence-electron chi connectivity index (χ2n) is 4.49. The molecular weight excluding hydrogens is 234 g/mol. The van der Waals surface area contributed by atoms with E-state index in [2.05, 4.69) is 34.5 Å². The topological polar surface area (TPSA) is 30.7 Å². The normalized spacial score (nSPS) is 19.1. The van der Waals surface area contributed by atoms with Crippen LogP contribution in [0.5, 0.6) is 0 Å². The number of aryl methyl sites for hydroxylation is 2. The van der Waals surface area contributed by atoms with E-state index in [0.717, 1.165) is 18.7 Å². The number of benzene rings is 1. The highest BCUT2D eigenvalue weighted by molar-refractivity contribution is 6.28. The van der Waals surface area contributed by atoms with E-state index < -0.39 is 0 Å². The third-order valence-electron chi connectivity index (χ3n) is 3.47. The lowest BCUT2D eigenvalue weighted by Crippen LogP contribution is -2.18. The third-order valence-corrected chi connectivity index (χ3v) is 3.73. The molecule has 0 fully saturated rings. The van der Waals surface area contributed by atoms with E-state index in [1.807, 2.05) is 11.5 Å². The van der Waals surface area contributed by atoms with Crippen molar-refractivity contribution in [3.63, 3.8) is 0 Å². The molecule has 3 rings (SSSR count). The Morgan fingerprint density at radius 1 is 1.29 bits per heavy atom. The fourth-order valence-corrected chi connectivity index (χ4v) is 2.97. The fourth-order valence-electron chi connectivity index (χ4n) is 2.69. The summed E-state index contributed by atoms with van der Waals surface area (Å²) in [5.74, 6) is 0.886. The molecule has 0 saturated carbocycles. The molecule has 0 N–H and O–H groups in total. The molecule has 1 aliphatic carbocycles. The maximum atomic E-state index is 6.13. The molecular formula is C13H14ClN3. The minimum absolute atomic E-state index is 0.294. The first kappa shape index (κ1) is 10.8. The first-order chi connectivity index (χ1) is 8.27. The summed E-state index contributed by atoms with van der Waals surface area (Å²) in [6.07, 6.45) is 3.46. The van der Waals surface area contributed by atoms with Gasteiger partial charge in [0, 0.05) is 0 Å². The predicted octanol–water partition coefficient (Wildman–Crippen LogP) is 3.17. The maximum Gasteiger partial charge on any atom is 0.225 e. The summed E-state index contributed by atoms with van der Waals surface area (Å²) in [6, 6.07) is 8.87. The summed E-state index contributed by atoms with van der Waals surface area (Å²) in [6.45, 7) is 1.95. The molecule has 1 aromatic carbocycles. The van der Waals surface area contributed by atoms with E-state index in [0.29, 0.717) is 11.3 Å². The van der Waals surface area contributed by atoms with Crippen molar-refractivity contribution in [1.29, 1.82) is 0 Å². The molecule has 0 spiro atoms. The Morgan fingerprint density at radius 2 is 2.12 bits per heavy atom. The molecule has 1 atom stereocenters. The van der Waals surface area contributed by atoms with Gasteiger partial charge in [0.15, 0.2) is 0 Å². The molecule has 2 aromatic rings. The Morgan fingerprint density at radius 3 is 2.88 bits per heavy atom. The van der Waals surface area contributed by atoms with Crippen LogP contribution < -0.4 is 0 Å². The standard InChI is InChI=1S/C13H14ClN3/c1-9-15-16-13(14)17(9)12-8-4-6-10-5-2-3-7-11(10)12/h2-3,5,7,12H,4,6,8H2,1H3. The zero-order valence-corrected chi connectivity index (χ0v) is 10.5. The highest BCUT2D eigenvalue weighted by Crippen LogP contribution is 2.34. The van der Waals surface area contributed by atoms with Crippen LogP contribution in [0.15, 0.2) is 24.3 Å². The Kier molecular flexibility index (Phi) is 2.63. The van der Waals surface area contributed by atoms with Gasteiger partial charge >= 0.3 is 0 Å². The number of fused-ring (bicyclic) bond motifs is 1. The van der Waals surface area contributed by atoms with Crippen molar-refractivity contribution in [3.8, 4) is 0 Å². The predicted molar refractivity (Wildman–Crippen MR) is 67.3 cm³/mol. The highest BCUT2D eigenvalue weighted by Gasteiger charge is 2.24. The molecule has 88 valence electrons. The van der Waals surface area contributed by atoms with Gasteiger partial charge in [-0.2, -0.15) is 0 Å². The van der Waals surface area contributed by atoms with Crippen molar-refractivity contribution in [2.75, 3.05) is 0 Å². The lowest BCUT2D eigenvalue weighted by molar-refractivity contribution is 0.481. The minimum Gasteiger partial charge on any atom is -0.294 e. The van der Waals surface area contributed by atoms with Gasteiger partial charge in [0.05, 0.1) is 6.04 Å². The van der Waals surface area contributed by atoms with Gasteiger partial charge < -0.3 is 0 Å². The van der Waals surface area contributed by atoms with E-state index in [9.17, 15) is 0 Å². The fraction of sp³-hybridized carbons (Fsp3) is 0.385. The molecule has 0 radical (unpaired) electrons. The molecule has 1 aromatic heterocycles. The van der Waals surface area contributed by atoms with Gasteiger partial charge in [-0.25, -0.2) is 0 Å². The molecule has 4 heteroatoms. The smallest absolute Gasteiger partial charge is 0.225 e. The van der Waals surface area contributed by atoms with E-state index in [4.69, 9.17) is 11.6 Å². The molecule has 17 heavy (non-hydrogen) atoms. The van der Waals surface area contributed by atoms with Crippen molar-refractivity contribution in [3.05, 3.63) is 46.5 Å². The average molecular weight is 248 g/mol. The van der Waals surface area contributed by atoms with Crippen molar-refractivity contribution in [2.24, 2.45) is 0 Å². The van der Waals surface area contributed by atoms with Crippen LogP contribution in [-0.2, 0) is 6.42 Å². The summed E-state index contributed by atoms with van der Waals surface area (Å²) in [5.41, 5.74) is 2.79. The van der Waals surface area contributed by atoms with E-state index in [1.54, 1.807) is 0 Å². The van der Waals surface area contributed by atoms with Crippen LogP contribution in [0.4, 0.5) is 0 Å². The number of hydrogen-bond donors (Lipinski definition) is 0. The first-order valence-corrected chi connectivity index (χ1v) is 6.30. The lowest BCUT2D eigenvalue weighted by atomic mass is 9.87. The number of halogens is 1. The third kappa shape index (κ3) is 1.75. The van der Waals surface area contributed by atoms with Gasteiger partial charge in [-0.1, -0.05) is 24.3 Å². The molecule has 3 nitrogen and oxygen atoms in total. The van der Waals surface area contributed by atoms with Crippen LogP contribution in [0.2, 0.25) is 5.28 Å². The quantitative estimate of drug-likeness (QED) is 0.775. The van der Waals surface area contributed by atoms with E-state index >= 15 is 0 Å². The first-order valence-electron chi connectivity index (χ1n) is 5.92. The van der Waals surface area contributed by atoms with Crippen molar-refractivity contribution in [1.82, 2.24) is 14.8 Å². The molecule has 0 amide bonds. The molecule has 0 aliphatic heterocycles. The Labute approximate surface area is 105 Å². The van der Waals surface area contributed by atoms with Crippen molar-refractivity contribution >= 4 is 11.6 Å². The zero-order valence-electron chi connectivity index (χ0n) is 9.73. The molecule has 1 unspecified atom stereocenters. The van der Waals surface area contributed by atoms with Crippen molar-refractivity contribution in [2.45, 2.75) is 32.2 Å². The summed E-state index contributed by atoms with van der Waals surface area (Å²) >= 11 is 6.13. The number of aromatic nitrogens is 3. The van der Waals surface area contributed by atoms with Gasteiger partial charge in [0.2, 0.25) is 5.28 Å². The van der Waals surface area contributed by atoms with Crippen LogP contribution in [0.3, 0.4) is 0 Å². The van der Waals surface area contributed by atoms with E-state index in [1.165, 1.54) is 17.5 Å². The minimum atomic E-state index is 0.294. The number of hydrogen-bond acceptors (Lipinski definition) is 2. The molecule has 0 saturated heterocycles. The Hall–Kier alpha value is -1.35. The lowest BCUT2D eigenvalue weighted by Gasteiger charge is -2.27. The average Bonchev–Trinajstić information content (AvgIpc) is 2.69. The van der Waals surface area contributed by atoms with Gasteiger partial charge in [0.25, 0.3) is 0 Å². The number of rotatable bonds is 1. The second-order valence-corrected chi connectivity index (χ2v) is 4.83. The summed E-state index contributed by atoms with van der Waals surface area (Å²) in [5, 5.41) is 8.48. The van der Waals surface area contributed by atoms with Crippen LogP contribution in [0.25, 0.3) is 0 Å². The van der Waals surface area contributed by atoms with Crippen LogP contribution in [0, 0.1) is 6.92 Å². The monoisotopic (exact) mass is 247 g/mol. The van der Waals surface area contributed by atoms with Crippen molar-refractivity contribution < 1.29 is 0 Å². The van der Waals surface area contributed by atoms with Gasteiger partial charge in [-0.15, -0.1) is 10.2 Å². The summed E-state index contributed by atoms with van der Waals surface area (Å²) in [7, 11) is 0. The summed E-state index contributed by atoms with van der Waals surface area (Å²) in [4.78, 5) is 0. The van der Waals surface area contributed by atoms with Crippen LogP contribution in [-0.4, -0.2) is 14.8 Å². The van der Waals surface area contributed by atoms with Crippen LogP contribution in [0.1, 0.15) is 35.8 Å². The SMILES string of the molecule is Cc1nnc(Cl)n1C1CCCc2ccccc21. The number of nitrogens with zero attached hydrogens (tertiary/aromatic N) is 3. The second kappa shape index (κ2) is 4.15. The van der Waals surface area contributed by atoms with Gasteiger partial charge in [-0.3, -0.25) is 4.57 Å². The molecule has 1 heterocycles. The Balaban J connectivity index is 2.12. The van der Waals surface area contributed by atoms with Gasteiger partial charge in [-0.05, 0) is 48.9 Å². The Bertz CT molecular complexity index is 528. The highest BCUT2D eigenvalue weighted by atomic mass is 35.5. The molecule has 0 bridgehead atoms. The summed E-state index contributed by atoms with van der Waals surface area (Å²) < 4.78 is 2.04. The zero-order chi connectivity index (χ0) is 11.8.